The Morgan fingerprint density at radius 3 is 2.25 bits per heavy atom. The van der Waals surface area contributed by atoms with Gasteiger partial charge in [0.1, 0.15) is 12.0 Å². The number of carbonyl (C=O) groups excluding carboxylic acids is 1. The summed E-state index contributed by atoms with van der Waals surface area (Å²) in [5.41, 5.74) is 0.679. The minimum Gasteiger partial charge on any atom is -0.497 e. The molecule has 0 saturated heterocycles. The van der Waals surface area contributed by atoms with Crippen LogP contribution in [0.5, 0.6) is 5.75 Å². The van der Waals surface area contributed by atoms with Crippen LogP contribution in [0.1, 0.15) is 12.5 Å². The van der Waals surface area contributed by atoms with Gasteiger partial charge in [-0.2, -0.15) is 0 Å². The number of likely N-dealkylation sites (N-methyl/N-ethyl adjacent to an activating group) is 1. The van der Waals surface area contributed by atoms with E-state index in [9.17, 15) is 4.79 Å². The van der Waals surface area contributed by atoms with Gasteiger partial charge in [0.2, 0.25) is 0 Å². The molecule has 1 aromatic rings. The minimum atomic E-state index is -0.450. The highest BCUT2D eigenvalue weighted by molar-refractivity contribution is 5.64. The summed E-state index contributed by atoms with van der Waals surface area (Å²) in [6, 6.07) is 7.81. The molecule has 0 aliphatic carbocycles. The number of hydrogen-bond donors (Lipinski definition) is 0. The minimum absolute atomic E-state index is 0.450. The molecular weight excluding hydrogens is 202 g/mol. The summed E-state index contributed by atoms with van der Waals surface area (Å²) in [5, 5.41) is 0. The van der Waals surface area contributed by atoms with Gasteiger partial charge in [-0.15, -0.1) is 0 Å². The number of hydrogen-bond acceptors (Lipinski definition) is 3. The molecule has 1 rings (SSSR count). The molecule has 3 nitrogen and oxygen atoms in total. The predicted octanol–water partition coefficient (Wildman–Crippen LogP) is 1.76. The molecular formula is C13H19NO2. The first kappa shape index (κ1) is 12.7. The van der Waals surface area contributed by atoms with Crippen LogP contribution in [0.25, 0.3) is 0 Å². The van der Waals surface area contributed by atoms with Gasteiger partial charge in [-0.05, 0) is 45.1 Å². The lowest BCUT2D eigenvalue weighted by atomic mass is 9.93. The van der Waals surface area contributed by atoms with Crippen molar-refractivity contribution in [2.75, 3.05) is 21.2 Å². The Morgan fingerprint density at radius 1 is 1.31 bits per heavy atom. The van der Waals surface area contributed by atoms with Crippen LogP contribution in [0.3, 0.4) is 0 Å². The summed E-state index contributed by atoms with van der Waals surface area (Å²) in [6.07, 6.45) is 1.70. The molecule has 0 fully saturated rings. The summed E-state index contributed by atoms with van der Waals surface area (Å²) in [6.45, 7) is 1.93. The first-order valence-corrected chi connectivity index (χ1v) is 5.28. The van der Waals surface area contributed by atoms with E-state index in [0.717, 1.165) is 17.6 Å². The highest BCUT2D eigenvalue weighted by Gasteiger charge is 2.26. The van der Waals surface area contributed by atoms with E-state index >= 15 is 0 Å². The van der Waals surface area contributed by atoms with Gasteiger partial charge in [-0.25, -0.2) is 0 Å². The van der Waals surface area contributed by atoms with Crippen LogP contribution in [0.2, 0.25) is 0 Å². The number of ether oxygens (including phenoxy) is 1. The van der Waals surface area contributed by atoms with Crippen LogP contribution in [0.15, 0.2) is 24.3 Å². The molecule has 0 aliphatic heterocycles. The zero-order valence-electron chi connectivity index (χ0n) is 10.4. The van der Waals surface area contributed by atoms with Gasteiger partial charge in [-0.3, -0.25) is 4.90 Å². The summed E-state index contributed by atoms with van der Waals surface area (Å²) < 4.78 is 5.09. The number of carbonyl (C=O) groups is 1. The third-order valence-corrected chi connectivity index (χ3v) is 3.00. The lowest BCUT2D eigenvalue weighted by molar-refractivity contribution is -0.116. The molecule has 1 aromatic carbocycles. The second-order valence-electron chi connectivity index (χ2n) is 4.39. The van der Waals surface area contributed by atoms with Crippen LogP contribution in [-0.4, -0.2) is 37.9 Å². The van der Waals surface area contributed by atoms with Gasteiger partial charge >= 0.3 is 0 Å². The maximum atomic E-state index is 11.1. The van der Waals surface area contributed by atoms with Gasteiger partial charge in [0.05, 0.1) is 12.6 Å². The first-order valence-electron chi connectivity index (χ1n) is 5.28. The average Bonchev–Trinajstić information content (AvgIpc) is 2.29. The zero-order chi connectivity index (χ0) is 12.2. The van der Waals surface area contributed by atoms with Crippen molar-refractivity contribution < 1.29 is 9.53 Å². The maximum Gasteiger partial charge on any atom is 0.140 e. The third kappa shape index (κ3) is 2.83. The summed E-state index contributed by atoms with van der Waals surface area (Å²) in [5.74, 6) is 0.835. The highest BCUT2D eigenvalue weighted by atomic mass is 16.5. The van der Waals surface area contributed by atoms with Crippen molar-refractivity contribution in [3.63, 3.8) is 0 Å². The molecule has 0 spiro atoms. The quantitative estimate of drug-likeness (QED) is 0.709. The van der Waals surface area contributed by atoms with E-state index in [0.29, 0.717) is 6.42 Å². The van der Waals surface area contributed by atoms with Crippen molar-refractivity contribution >= 4 is 6.29 Å². The van der Waals surface area contributed by atoms with Crippen molar-refractivity contribution in [2.45, 2.75) is 18.9 Å². The number of rotatable bonds is 5. The second kappa shape index (κ2) is 5.12. The Labute approximate surface area is 97.0 Å². The molecule has 0 N–H and O–H groups in total. The first-order chi connectivity index (χ1) is 7.51. The monoisotopic (exact) mass is 221 g/mol. The van der Waals surface area contributed by atoms with Gasteiger partial charge in [0.25, 0.3) is 0 Å². The molecule has 88 valence electrons. The Morgan fingerprint density at radius 2 is 1.88 bits per heavy atom. The SMILES string of the molecule is COc1ccc(CC(C)(C=O)N(C)C)cc1. The molecule has 0 aliphatic rings. The maximum absolute atomic E-state index is 11.1. The van der Waals surface area contributed by atoms with Crippen LogP contribution >= 0.6 is 0 Å². The summed E-state index contributed by atoms with van der Waals surface area (Å²) in [4.78, 5) is 13.1. The lowest BCUT2D eigenvalue weighted by Crippen LogP contribution is -2.44. The fraction of sp³-hybridized carbons (Fsp3) is 0.462. The lowest BCUT2D eigenvalue weighted by Gasteiger charge is -2.30. The Hall–Kier alpha value is -1.35. The number of nitrogens with zero attached hydrogens (tertiary/aromatic N) is 1. The van der Waals surface area contributed by atoms with E-state index in [2.05, 4.69) is 0 Å². The van der Waals surface area contributed by atoms with Gasteiger partial charge in [-0.1, -0.05) is 12.1 Å². The number of methoxy groups -OCH3 is 1. The molecule has 16 heavy (non-hydrogen) atoms. The predicted molar refractivity (Wildman–Crippen MR) is 64.9 cm³/mol. The number of aldehydes is 1. The molecule has 0 amide bonds. The molecule has 0 radical (unpaired) electrons. The standard InChI is InChI=1S/C13H19NO2/c1-13(10-15,14(2)3)9-11-5-7-12(16-4)8-6-11/h5-8,10H,9H2,1-4H3. The molecule has 1 unspecified atom stereocenters. The fourth-order valence-corrected chi connectivity index (χ4v) is 1.46. The molecule has 3 heteroatoms. The van der Waals surface area contributed by atoms with Crippen molar-refractivity contribution in [1.29, 1.82) is 0 Å². The third-order valence-electron chi connectivity index (χ3n) is 3.00. The summed E-state index contributed by atoms with van der Waals surface area (Å²) >= 11 is 0. The topological polar surface area (TPSA) is 29.5 Å². The van der Waals surface area contributed by atoms with E-state index in [1.807, 2.05) is 50.2 Å². The van der Waals surface area contributed by atoms with Crippen LogP contribution in [-0.2, 0) is 11.2 Å². The molecule has 0 heterocycles. The van der Waals surface area contributed by atoms with E-state index in [4.69, 9.17) is 4.74 Å². The van der Waals surface area contributed by atoms with Gasteiger partial charge in [0.15, 0.2) is 0 Å². The van der Waals surface area contributed by atoms with Gasteiger partial charge in [0, 0.05) is 0 Å². The smallest absolute Gasteiger partial charge is 0.140 e. The van der Waals surface area contributed by atoms with Crippen molar-refractivity contribution in [3.8, 4) is 5.75 Å². The van der Waals surface area contributed by atoms with E-state index in [1.165, 1.54) is 0 Å². The van der Waals surface area contributed by atoms with Gasteiger partial charge < -0.3 is 9.53 Å². The highest BCUT2D eigenvalue weighted by Crippen LogP contribution is 2.18. The van der Waals surface area contributed by atoms with Crippen LogP contribution < -0.4 is 4.74 Å². The Balaban J connectivity index is 2.82. The van der Waals surface area contributed by atoms with E-state index < -0.39 is 5.54 Å². The van der Waals surface area contributed by atoms with Crippen LogP contribution in [0, 0.1) is 0 Å². The zero-order valence-corrected chi connectivity index (χ0v) is 10.4. The largest absolute Gasteiger partial charge is 0.497 e. The summed E-state index contributed by atoms with van der Waals surface area (Å²) in [7, 11) is 5.47. The second-order valence-corrected chi connectivity index (χ2v) is 4.39. The Bertz CT molecular complexity index is 345. The average molecular weight is 221 g/mol. The molecule has 0 aromatic heterocycles. The molecule has 0 saturated carbocycles. The fourth-order valence-electron chi connectivity index (χ4n) is 1.46. The van der Waals surface area contributed by atoms with Crippen molar-refractivity contribution in [2.24, 2.45) is 0 Å². The normalized spacial score (nSPS) is 14.6. The van der Waals surface area contributed by atoms with Crippen molar-refractivity contribution in [1.82, 2.24) is 4.90 Å². The van der Waals surface area contributed by atoms with E-state index in [-0.39, 0.29) is 0 Å². The number of benzene rings is 1. The van der Waals surface area contributed by atoms with E-state index in [1.54, 1.807) is 7.11 Å². The Kier molecular flexibility index (Phi) is 4.07. The van der Waals surface area contributed by atoms with Crippen LogP contribution in [0.4, 0.5) is 0 Å². The molecule has 1 atom stereocenters. The molecule has 0 bridgehead atoms. The van der Waals surface area contributed by atoms with Crippen molar-refractivity contribution in [3.05, 3.63) is 29.8 Å².